The zero-order chi connectivity index (χ0) is 9.23. The number of rotatable bonds is 7. The van der Waals surface area contributed by atoms with Crippen molar-refractivity contribution in [3.63, 3.8) is 0 Å². The fourth-order valence-electron chi connectivity index (χ4n) is 1.09. The molecule has 0 aliphatic rings. The Hall–Kier alpha value is -0.280. The Labute approximate surface area is 86.9 Å². The maximum absolute atomic E-state index is 10.8. The standard InChI is InChI=1S/C9H20N2O.ClH/c1-11-9(12)7-5-3-2-4-6-8-10;/h2-8,10H2,1H3,(H,11,12);1H. The molecule has 0 aromatic carbocycles. The first-order valence-corrected chi connectivity index (χ1v) is 4.72. The monoisotopic (exact) mass is 208 g/mol. The second-order valence-electron chi connectivity index (χ2n) is 2.98. The molecule has 0 spiro atoms. The van der Waals surface area contributed by atoms with E-state index in [2.05, 4.69) is 5.32 Å². The SMILES string of the molecule is CNC(=O)CCCCCCCN.Cl. The second kappa shape index (κ2) is 11.7. The third-order valence-electron chi connectivity index (χ3n) is 1.89. The Morgan fingerprint density at radius 3 is 2.23 bits per heavy atom. The lowest BCUT2D eigenvalue weighted by Gasteiger charge is -1.99. The van der Waals surface area contributed by atoms with Crippen molar-refractivity contribution in [3.05, 3.63) is 0 Å². The van der Waals surface area contributed by atoms with Crippen molar-refractivity contribution in [2.24, 2.45) is 5.73 Å². The minimum Gasteiger partial charge on any atom is -0.359 e. The molecule has 80 valence electrons. The lowest BCUT2D eigenvalue weighted by molar-refractivity contribution is -0.120. The molecule has 0 aromatic rings. The average molecular weight is 209 g/mol. The number of unbranched alkanes of at least 4 members (excludes halogenated alkanes) is 4. The van der Waals surface area contributed by atoms with Crippen LogP contribution in [0.3, 0.4) is 0 Å². The first-order chi connectivity index (χ1) is 5.81. The number of carbonyl (C=O) groups excluding carboxylic acids is 1. The van der Waals surface area contributed by atoms with Crippen LogP contribution in [0.1, 0.15) is 38.5 Å². The van der Waals surface area contributed by atoms with Crippen LogP contribution in [0.5, 0.6) is 0 Å². The van der Waals surface area contributed by atoms with Gasteiger partial charge in [0.05, 0.1) is 0 Å². The molecular formula is C9H21ClN2O. The van der Waals surface area contributed by atoms with Crippen molar-refractivity contribution in [2.45, 2.75) is 38.5 Å². The molecule has 3 nitrogen and oxygen atoms in total. The highest BCUT2D eigenvalue weighted by atomic mass is 35.5. The largest absolute Gasteiger partial charge is 0.359 e. The molecule has 0 rings (SSSR count). The molecular weight excluding hydrogens is 188 g/mol. The number of carbonyl (C=O) groups is 1. The van der Waals surface area contributed by atoms with Gasteiger partial charge >= 0.3 is 0 Å². The zero-order valence-corrected chi connectivity index (χ0v) is 9.16. The smallest absolute Gasteiger partial charge is 0.219 e. The molecule has 0 aromatic heterocycles. The van der Waals surface area contributed by atoms with Crippen LogP contribution in [0, 0.1) is 0 Å². The Bertz CT molecular complexity index is 120. The van der Waals surface area contributed by atoms with Crippen molar-refractivity contribution >= 4 is 18.3 Å². The highest BCUT2D eigenvalue weighted by Gasteiger charge is 1.96. The quantitative estimate of drug-likeness (QED) is 0.623. The van der Waals surface area contributed by atoms with Crippen molar-refractivity contribution in [2.75, 3.05) is 13.6 Å². The zero-order valence-electron chi connectivity index (χ0n) is 8.34. The molecule has 0 aliphatic heterocycles. The minimum absolute atomic E-state index is 0. The highest BCUT2D eigenvalue weighted by molar-refractivity contribution is 5.85. The molecule has 0 saturated carbocycles. The molecule has 13 heavy (non-hydrogen) atoms. The predicted molar refractivity (Wildman–Crippen MR) is 58.1 cm³/mol. The van der Waals surface area contributed by atoms with Crippen LogP contribution < -0.4 is 11.1 Å². The van der Waals surface area contributed by atoms with Gasteiger partial charge in [0.15, 0.2) is 0 Å². The molecule has 4 heteroatoms. The highest BCUT2D eigenvalue weighted by Crippen LogP contribution is 2.04. The average Bonchev–Trinajstić information content (AvgIpc) is 2.10. The van der Waals surface area contributed by atoms with Gasteiger partial charge in [-0.3, -0.25) is 4.79 Å². The van der Waals surface area contributed by atoms with E-state index in [1.807, 2.05) is 0 Å². The third-order valence-corrected chi connectivity index (χ3v) is 1.89. The first-order valence-electron chi connectivity index (χ1n) is 4.72. The summed E-state index contributed by atoms with van der Waals surface area (Å²) in [6.45, 7) is 0.787. The molecule has 0 aliphatic carbocycles. The van der Waals surface area contributed by atoms with E-state index >= 15 is 0 Å². The molecule has 3 N–H and O–H groups in total. The Kier molecular flexibility index (Phi) is 13.7. The number of hydrogen-bond acceptors (Lipinski definition) is 2. The van der Waals surface area contributed by atoms with E-state index in [0.29, 0.717) is 6.42 Å². The van der Waals surface area contributed by atoms with Crippen molar-refractivity contribution in [3.8, 4) is 0 Å². The summed E-state index contributed by atoms with van der Waals surface area (Å²) in [6, 6.07) is 0. The normalized spacial score (nSPS) is 9.08. The van der Waals surface area contributed by atoms with Gasteiger partial charge < -0.3 is 11.1 Å². The second-order valence-corrected chi connectivity index (χ2v) is 2.98. The maximum Gasteiger partial charge on any atom is 0.219 e. The van der Waals surface area contributed by atoms with Gasteiger partial charge in [0.2, 0.25) is 5.91 Å². The van der Waals surface area contributed by atoms with Crippen LogP contribution in [-0.2, 0) is 4.79 Å². The summed E-state index contributed by atoms with van der Waals surface area (Å²) in [5.74, 6) is 0.147. The van der Waals surface area contributed by atoms with E-state index in [1.165, 1.54) is 12.8 Å². The van der Waals surface area contributed by atoms with Crippen LogP contribution in [0.15, 0.2) is 0 Å². The van der Waals surface area contributed by atoms with Crippen LogP contribution >= 0.6 is 12.4 Å². The number of halogens is 1. The number of amides is 1. The molecule has 0 atom stereocenters. The summed E-state index contributed by atoms with van der Waals surface area (Å²) < 4.78 is 0. The van der Waals surface area contributed by atoms with Crippen molar-refractivity contribution < 1.29 is 4.79 Å². The van der Waals surface area contributed by atoms with Gasteiger partial charge in [-0.25, -0.2) is 0 Å². The van der Waals surface area contributed by atoms with E-state index in [1.54, 1.807) is 7.05 Å². The first kappa shape index (κ1) is 15.2. The van der Waals surface area contributed by atoms with Crippen LogP contribution in [0.2, 0.25) is 0 Å². The van der Waals surface area contributed by atoms with Gasteiger partial charge in [-0.2, -0.15) is 0 Å². The van der Waals surface area contributed by atoms with E-state index in [9.17, 15) is 4.79 Å². The minimum atomic E-state index is 0. The lowest BCUT2D eigenvalue weighted by Crippen LogP contribution is -2.16. The molecule has 0 unspecified atom stereocenters. The third kappa shape index (κ3) is 11.7. The topological polar surface area (TPSA) is 55.1 Å². The molecule has 0 fully saturated rings. The predicted octanol–water partition coefficient (Wildman–Crippen LogP) is 1.45. The Morgan fingerprint density at radius 1 is 1.15 bits per heavy atom. The van der Waals surface area contributed by atoms with Crippen LogP contribution in [0.4, 0.5) is 0 Å². The Balaban J connectivity index is 0. The Morgan fingerprint density at radius 2 is 1.69 bits per heavy atom. The lowest BCUT2D eigenvalue weighted by atomic mass is 10.1. The van der Waals surface area contributed by atoms with E-state index < -0.39 is 0 Å². The summed E-state index contributed by atoms with van der Waals surface area (Å²) in [7, 11) is 1.68. The number of hydrogen-bond donors (Lipinski definition) is 2. The van der Waals surface area contributed by atoms with Crippen molar-refractivity contribution in [1.29, 1.82) is 0 Å². The van der Waals surface area contributed by atoms with Crippen molar-refractivity contribution in [1.82, 2.24) is 5.32 Å². The molecule has 0 heterocycles. The van der Waals surface area contributed by atoms with Gasteiger partial charge in [0.1, 0.15) is 0 Å². The molecule has 1 amide bonds. The molecule has 0 radical (unpaired) electrons. The van der Waals surface area contributed by atoms with Gasteiger partial charge in [-0.05, 0) is 19.4 Å². The summed E-state index contributed by atoms with van der Waals surface area (Å²) >= 11 is 0. The summed E-state index contributed by atoms with van der Waals surface area (Å²) in [5, 5.41) is 2.61. The number of nitrogens with one attached hydrogen (secondary N) is 1. The van der Waals surface area contributed by atoms with E-state index in [4.69, 9.17) is 5.73 Å². The van der Waals surface area contributed by atoms with Gasteiger partial charge in [-0.15, -0.1) is 12.4 Å². The molecule has 0 saturated heterocycles. The van der Waals surface area contributed by atoms with Gasteiger partial charge in [-0.1, -0.05) is 19.3 Å². The number of nitrogens with two attached hydrogens (primary N) is 1. The molecule has 0 bridgehead atoms. The van der Waals surface area contributed by atoms with Gasteiger partial charge in [0, 0.05) is 13.5 Å². The van der Waals surface area contributed by atoms with E-state index in [0.717, 1.165) is 25.8 Å². The van der Waals surface area contributed by atoms with Crippen LogP contribution in [-0.4, -0.2) is 19.5 Å². The van der Waals surface area contributed by atoms with Crippen LogP contribution in [0.25, 0.3) is 0 Å². The summed E-state index contributed by atoms with van der Waals surface area (Å²) in [6.07, 6.45) is 6.33. The van der Waals surface area contributed by atoms with Gasteiger partial charge in [0.25, 0.3) is 0 Å². The fourth-order valence-corrected chi connectivity index (χ4v) is 1.09. The summed E-state index contributed by atoms with van der Waals surface area (Å²) in [4.78, 5) is 10.8. The maximum atomic E-state index is 10.8. The summed E-state index contributed by atoms with van der Waals surface area (Å²) in [5.41, 5.74) is 5.35. The van der Waals surface area contributed by atoms with E-state index in [-0.39, 0.29) is 18.3 Å². The fraction of sp³-hybridized carbons (Fsp3) is 0.889.